The molecule has 1 aliphatic rings. The summed E-state index contributed by atoms with van der Waals surface area (Å²) in [5.74, 6) is -1.22. The number of carbonyl (C=O) groups is 2. The summed E-state index contributed by atoms with van der Waals surface area (Å²) in [6.45, 7) is 4.52. The zero-order chi connectivity index (χ0) is 21.3. The van der Waals surface area contributed by atoms with Crippen molar-refractivity contribution in [1.29, 1.82) is 0 Å². The van der Waals surface area contributed by atoms with Crippen molar-refractivity contribution in [1.82, 2.24) is 9.55 Å². The molecule has 0 bridgehead atoms. The first-order chi connectivity index (χ1) is 14.6. The minimum absolute atomic E-state index is 0.211. The first-order valence-electron chi connectivity index (χ1n) is 10.3. The second-order valence-electron chi connectivity index (χ2n) is 7.34. The van der Waals surface area contributed by atoms with Crippen LogP contribution in [0.15, 0.2) is 48.5 Å². The topological polar surface area (TPSA) is 64.4 Å². The van der Waals surface area contributed by atoms with Crippen LogP contribution in [0.4, 0.5) is 5.95 Å². The van der Waals surface area contributed by atoms with E-state index in [2.05, 4.69) is 6.92 Å². The van der Waals surface area contributed by atoms with E-state index in [9.17, 15) is 9.59 Å². The summed E-state index contributed by atoms with van der Waals surface area (Å²) in [5, 5.41) is 0.592. The van der Waals surface area contributed by atoms with Crippen LogP contribution in [-0.4, -0.2) is 34.6 Å². The SMILES string of the molecule is CCCCN1C(=O)[C@H](C(=O)OCC)[C@H](c2ccc(Cl)cc2)n2c1nc1ccccc12. The Balaban J connectivity index is 1.97. The maximum absolute atomic E-state index is 13.6. The summed E-state index contributed by atoms with van der Waals surface area (Å²) in [6, 6.07) is 14.4. The molecule has 1 aromatic heterocycles. The number of anilines is 1. The maximum atomic E-state index is 13.6. The normalized spacial score (nSPS) is 18.5. The third-order valence-corrected chi connectivity index (χ3v) is 5.68. The van der Waals surface area contributed by atoms with Crippen molar-refractivity contribution >= 4 is 40.5 Å². The lowest BCUT2D eigenvalue weighted by molar-refractivity contribution is -0.153. The Morgan fingerprint density at radius 2 is 1.87 bits per heavy atom. The Labute approximate surface area is 180 Å². The third kappa shape index (κ3) is 3.45. The number of fused-ring (bicyclic) bond motifs is 3. The molecule has 2 aromatic carbocycles. The second kappa shape index (κ2) is 8.48. The van der Waals surface area contributed by atoms with Gasteiger partial charge in [0.2, 0.25) is 11.9 Å². The van der Waals surface area contributed by atoms with Gasteiger partial charge in [-0.05, 0) is 43.2 Å². The molecule has 2 heterocycles. The zero-order valence-electron chi connectivity index (χ0n) is 17.0. The minimum atomic E-state index is -0.993. The van der Waals surface area contributed by atoms with Gasteiger partial charge in [0.15, 0.2) is 5.92 Å². The van der Waals surface area contributed by atoms with Crippen molar-refractivity contribution < 1.29 is 14.3 Å². The Morgan fingerprint density at radius 1 is 1.13 bits per heavy atom. The quantitative estimate of drug-likeness (QED) is 0.427. The smallest absolute Gasteiger partial charge is 0.321 e. The predicted octanol–water partition coefficient (Wildman–Crippen LogP) is 4.61. The van der Waals surface area contributed by atoms with Crippen molar-refractivity contribution in [3.8, 4) is 0 Å². The number of amides is 1. The van der Waals surface area contributed by atoms with E-state index in [0.717, 1.165) is 29.4 Å². The number of carbonyl (C=O) groups excluding carboxylic acids is 2. The van der Waals surface area contributed by atoms with Gasteiger partial charge in [0.1, 0.15) is 0 Å². The highest BCUT2D eigenvalue weighted by Gasteiger charge is 2.47. The molecule has 0 saturated heterocycles. The van der Waals surface area contributed by atoms with Gasteiger partial charge in [0, 0.05) is 11.6 Å². The van der Waals surface area contributed by atoms with Crippen molar-refractivity contribution in [3.63, 3.8) is 0 Å². The van der Waals surface area contributed by atoms with Crippen LogP contribution >= 0.6 is 11.6 Å². The van der Waals surface area contributed by atoms with Crippen molar-refractivity contribution in [2.24, 2.45) is 5.92 Å². The standard InChI is InChI=1S/C23H24ClN3O3/c1-3-5-14-26-21(28)19(22(29)30-4-2)20(15-10-12-16(24)13-11-15)27-18-9-7-6-8-17(18)25-23(26)27/h6-13,19-20H,3-5,14H2,1-2H3/t19-,20+/m1/s1. The fourth-order valence-electron chi connectivity index (χ4n) is 4.04. The molecular formula is C23H24ClN3O3. The molecule has 6 nitrogen and oxygen atoms in total. The number of hydrogen-bond donors (Lipinski definition) is 0. The monoisotopic (exact) mass is 425 g/mol. The lowest BCUT2D eigenvalue weighted by atomic mass is 9.89. The number of hydrogen-bond acceptors (Lipinski definition) is 4. The van der Waals surface area contributed by atoms with Crippen LogP contribution in [0.2, 0.25) is 5.02 Å². The number of para-hydroxylation sites is 2. The van der Waals surface area contributed by atoms with Crippen LogP contribution in [0.3, 0.4) is 0 Å². The van der Waals surface area contributed by atoms with Crippen LogP contribution in [-0.2, 0) is 14.3 Å². The number of benzene rings is 2. The van der Waals surface area contributed by atoms with Crippen molar-refractivity contribution in [2.45, 2.75) is 32.7 Å². The van der Waals surface area contributed by atoms with Crippen LogP contribution < -0.4 is 4.90 Å². The Hall–Kier alpha value is -2.86. The highest BCUT2D eigenvalue weighted by molar-refractivity contribution is 6.30. The van der Waals surface area contributed by atoms with Gasteiger partial charge in [0.05, 0.1) is 23.7 Å². The molecular weight excluding hydrogens is 402 g/mol. The van der Waals surface area contributed by atoms with Gasteiger partial charge >= 0.3 is 5.97 Å². The lowest BCUT2D eigenvalue weighted by Gasteiger charge is -2.38. The van der Waals surface area contributed by atoms with Crippen LogP contribution in [0.1, 0.15) is 38.3 Å². The highest BCUT2D eigenvalue weighted by Crippen LogP contribution is 2.41. The second-order valence-corrected chi connectivity index (χ2v) is 7.78. The number of aromatic nitrogens is 2. The van der Waals surface area contributed by atoms with E-state index in [1.54, 1.807) is 24.0 Å². The largest absolute Gasteiger partial charge is 0.465 e. The Bertz CT molecular complexity index is 1080. The molecule has 30 heavy (non-hydrogen) atoms. The van der Waals surface area contributed by atoms with E-state index in [4.69, 9.17) is 21.3 Å². The summed E-state index contributed by atoms with van der Waals surface area (Å²) in [6.07, 6.45) is 1.74. The predicted molar refractivity (Wildman–Crippen MR) is 117 cm³/mol. The van der Waals surface area contributed by atoms with E-state index < -0.39 is 17.9 Å². The fraction of sp³-hybridized carbons (Fsp3) is 0.348. The molecule has 1 amide bonds. The van der Waals surface area contributed by atoms with Gasteiger partial charge < -0.3 is 9.30 Å². The van der Waals surface area contributed by atoms with Gasteiger partial charge in [-0.15, -0.1) is 0 Å². The number of unbranched alkanes of at least 4 members (excludes halogenated alkanes) is 1. The highest BCUT2D eigenvalue weighted by atomic mass is 35.5. The number of rotatable bonds is 6. The first kappa shape index (κ1) is 20.4. The molecule has 2 atom stereocenters. The van der Waals surface area contributed by atoms with Gasteiger partial charge in [-0.3, -0.25) is 14.5 Å². The molecule has 3 aromatic rings. The van der Waals surface area contributed by atoms with Crippen LogP contribution in [0.25, 0.3) is 11.0 Å². The number of nitrogens with zero attached hydrogens (tertiary/aromatic N) is 3. The Kier molecular flexibility index (Phi) is 5.77. The lowest BCUT2D eigenvalue weighted by Crippen LogP contribution is -2.50. The number of ether oxygens (including phenoxy) is 1. The molecule has 7 heteroatoms. The number of esters is 1. The van der Waals surface area contributed by atoms with Gasteiger partial charge in [0.25, 0.3) is 0 Å². The average molecular weight is 426 g/mol. The van der Waals surface area contributed by atoms with Gasteiger partial charge in [-0.1, -0.05) is 49.2 Å². The average Bonchev–Trinajstić information content (AvgIpc) is 3.12. The van der Waals surface area contributed by atoms with Crippen LogP contribution in [0.5, 0.6) is 0 Å². The molecule has 0 aliphatic carbocycles. The minimum Gasteiger partial charge on any atom is -0.465 e. The first-order valence-corrected chi connectivity index (χ1v) is 10.6. The molecule has 0 unspecified atom stereocenters. The molecule has 4 rings (SSSR count). The maximum Gasteiger partial charge on any atom is 0.321 e. The summed E-state index contributed by atoms with van der Waals surface area (Å²) in [7, 11) is 0. The summed E-state index contributed by atoms with van der Waals surface area (Å²) in [5.41, 5.74) is 2.46. The molecule has 156 valence electrons. The summed E-state index contributed by atoms with van der Waals surface area (Å²) >= 11 is 6.10. The van der Waals surface area contributed by atoms with E-state index in [-0.39, 0.29) is 12.5 Å². The molecule has 0 fully saturated rings. The van der Waals surface area contributed by atoms with Crippen LogP contribution in [0, 0.1) is 5.92 Å². The van der Waals surface area contributed by atoms with Crippen molar-refractivity contribution in [2.75, 3.05) is 18.1 Å². The molecule has 0 saturated carbocycles. The summed E-state index contributed by atoms with van der Waals surface area (Å²) in [4.78, 5) is 33.0. The van der Waals surface area contributed by atoms with E-state index in [0.29, 0.717) is 17.5 Å². The number of halogens is 1. The third-order valence-electron chi connectivity index (χ3n) is 5.43. The molecule has 0 spiro atoms. The molecule has 0 radical (unpaired) electrons. The van der Waals surface area contributed by atoms with Crippen molar-refractivity contribution in [3.05, 3.63) is 59.1 Å². The Morgan fingerprint density at radius 3 is 2.57 bits per heavy atom. The van der Waals surface area contributed by atoms with Gasteiger partial charge in [-0.2, -0.15) is 0 Å². The van der Waals surface area contributed by atoms with Gasteiger partial charge in [-0.25, -0.2) is 4.98 Å². The molecule has 1 aliphatic heterocycles. The fourth-order valence-corrected chi connectivity index (χ4v) is 4.16. The zero-order valence-corrected chi connectivity index (χ0v) is 17.8. The number of imidazole rings is 1. The molecule has 0 N–H and O–H groups in total. The van der Waals surface area contributed by atoms with E-state index >= 15 is 0 Å². The summed E-state index contributed by atoms with van der Waals surface area (Å²) < 4.78 is 7.33. The van der Waals surface area contributed by atoms with E-state index in [1.165, 1.54) is 0 Å². The van der Waals surface area contributed by atoms with E-state index in [1.807, 2.05) is 41.0 Å².